The molecule has 3 aromatic rings. The van der Waals surface area contributed by atoms with Crippen LogP contribution in [0.25, 0.3) is 11.4 Å². The minimum atomic E-state index is 0.169. The molecule has 0 unspecified atom stereocenters. The van der Waals surface area contributed by atoms with Gasteiger partial charge in [-0.05, 0) is 87.7 Å². The monoisotopic (exact) mass is 608 g/mol. The van der Waals surface area contributed by atoms with Gasteiger partial charge in [0.25, 0.3) is 0 Å². The second kappa shape index (κ2) is 8.56. The molecule has 1 aromatic heterocycles. The molecule has 10 heteroatoms. The topological polar surface area (TPSA) is 84.7 Å². The van der Waals surface area contributed by atoms with Gasteiger partial charge in [0.1, 0.15) is 5.75 Å². The Bertz CT molecular complexity index is 1080. The van der Waals surface area contributed by atoms with Crippen molar-refractivity contribution in [3.8, 4) is 28.6 Å². The first-order chi connectivity index (χ1) is 12.9. The molecule has 2 N–H and O–H groups in total. The van der Waals surface area contributed by atoms with E-state index in [1.54, 1.807) is 32.6 Å². The highest BCUT2D eigenvalue weighted by molar-refractivity contribution is 14.1. The fourth-order valence-corrected chi connectivity index (χ4v) is 4.43. The third-order valence-corrected chi connectivity index (χ3v) is 5.37. The van der Waals surface area contributed by atoms with E-state index in [0.29, 0.717) is 27.7 Å². The summed E-state index contributed by atoms with van der Waals surface area (Å²) in [6.45, 7) is 0. The molecule has 7 nitrogen and oxygen atoms in total. The standard InChI is InChI=1S/C17H14I2N4O3S/c1-25-13-4-3-9(6-14(13)26-2)16-21-22-17(27)23(16)20-8-10-5-11(18)7-12(19)15(10)24/h3-8,24H,1-2H3,(H,22,27)/b20-8-. The van der Waals surface area contributed by atoms with Gasteiger partial charge in [0, 0.05) is 14.7 Å². The van der Waals surface area contributed by atoms with Gasteiger partial charge in [-0.1, -0.05) is 0 Å². The zero-order chi connectivity index (χ0) is 19.6. The summed E-state index contributed by atoms with van der Waals surface area (Å²) in [5.74, 6) is 1.87. The zero-order valence-electron chi connectivity index (χ0n) is 14.2. The number of benzene rings is 2. The van der Waals surface area contributed by atoms with Crippen molar-refractivity contribution in [2.24, 2.45) is 5.10 Å². The van der Waals surface area contributed by atoms with E-state index in [0.717, 1.165) is 12.7 Å². The summed E-state index contributed by atoms with van der Waals surface area (Å²) in [5.41, 5.74) is 1.34. The number of methoxy groups -OCH3 is 2. The molecule has 1 heterocycles. The number of hydrogen-bond acceptors (Lipinski definition) is 6. The first kappa shape index (κ1) is 20.1. The van der Waals surface area contributed by atoms with Gasteiger partial charge in [0.2, 0.25) is 4.77 Å². The molecule has 0 aliphatic heterocycles. The Balaban J connectivity index is 2.05. The highest BCUT2D eigenvalue weighted by Crippen LogP contribution is 2.31. The summed E-state index contributed by atoms with van der Waals surface area (Å²) in [6, 6.07) is 9.13. The maximum absolute atomic E-state index is 10.2. The third kappa shape index (κ3) is 4.27. The van der Waals surface area contributed by atoms with Gasteiger partial charge in [-0.2, -0.15) is 14.9 Å². The molecule has 140 valence electrons. The van der Waals surface area contributed by atoms with Gasteiger partial charge in [0.15, 0.2) is 17.3 Å². The summed E-state index contributed by atoms with van der Waals surface area (Å²) in [6.07, 6.45) is 1.55. The number of nitrogens with zero attached hydrogens (tertiary/aromatic N) is 3. The summed E-state index contributed by atoms with van der Waals surface area (Å²) >= 11 is 9.56. The van der Waals surface area contributed by atoms with E-state index in [9.17, 15) is 5.11 Å². The van der Waals surface area contributed by atoms with Crippen LogP contribution in [0.5, 0.6) is 17.2 Å². The second-order valence-electron chi connectivity index (χ2n) is 5.30. The smallest absolute Gasteiger partial charge is 0.216 e. The highest BCUT2D eigenvalue weighted by atomic mass is 127. The Morgan fingerprint density at radius 1 is 1.19 bits per heavy atom. The fraction of sp³-hybridized carbons (Fsp3) is 0.118. The Kier molecular flexibility index (Phi) is 6.37. The highest BCUT2D eigenvalue weighted by Gasteiger charge is 2.13. The molecule has 0 aliphatic carbocycles. The lowest BCUT2D eigenvalue weighted by Crippen LogP contribution is -1.97. The molecule has 0 bridgehead atoms. The summed E-state index contributed by atoms with van der Waals surface area (Å²) in [5, 5.41) is 21.6. The van der Waals surface area contributed by atoms with Crippen LogP contribution in [-0.2, 0) is 0 Å². The quantitative estimate of drug-likeness (QED) is 0.255. The summed E-state index contributed by atoms with van der Waals surface area (Å²) in [4.78, 5) is 0. The Morgan fingerprint density at radius 3 is 2.63 bits per heavy atom. The van der Waals surface area contributed by atoms with Gasteiger partial charge >= 0.3 is 0 Å². The fourth-order valence-electron chi connectivity index (χ4n) is 2.37. The number of phenolic OH excluding ortho intramolecular Hbond substituents is 1. The van der Waals surface area contributed by atoms with Crippen molar-refractivity contribution in [1.29, 1.82) is 0 Å². The van der Waals surface area contributed by atoms with Crippen LogP contribution in [0.2, 0.25) is 0 Å². The third-order valence-electron chi connectivity index (χ3n) is 3.66. The average molecular weight is 608 g/mol. The van der Waals surface area contributed by atoms with Crippen molar-refractivity contribution in [3.63, 3.8) is 0 Å². The zero-order valence-corrected chi connectivity index (χ0v) is 19.4. The van der Waals surface area contributed by atoms with Crippen LogP contribution in [0.1, 0.15) is 5.56 Å². The van der Waals surface area contributed by atoms with Crippen LogP contribution in [-0.4, -0.2) is 40.4 Å². The minimum absolute atomic E-state index is 0.169. The Hall–Kier alpha value is -1.67. The average Bonchev–Trinajstić information content (AvgIpc) is 3.03. The number of H-pyrrole nitrogens is 1. The number of hydrogen-bond donors (Lipinski definition) is 2. The second-order valence-corrected chi connectivity index (χ2v) is 8.10. The van der Waals surface area contributed by atoms with Crippen molar-refractivity contribution in [2.75, 3.05) is 14.2 Å². The van der Waals surface area contributed by atoms with Crippen LogP contribution in [0.4, 0.5) is 0 Å². The summed E-state index contributed by atoms with van der Waals surface area (Å²) in [7, 11) is 3.14. The molecule has 0 saturated carbocycles. The molecule has 0 aliphatic rings. The maximum atomic E-state index is 10.2. The molecular weight excluding hydrogens is 594 g/mol. The van der Waals surface area contributed by atoms with E-state index in [1.165, 1.54) is 4.68 Å². The molecule has 0 spiro atoms. The number of halogens is 2. The van der Waals surface area contributed by atoms with Crippen molar-refractivity contribution >= 4 is 63.6 Å². The number of nitrogens with one attached hydrogen (secondary N) is 1. The molecule has 0 atom stereocenters. The number of ether oxygens (including phenoxy) is 2. The van der Waals surface area contributed by atoms with E-state index >= 15 is 0 Å². The van der Waals surface area contributed by atoms with Gasteiger partial charge in [-0.15, -0.1) is 0 Å². The molecule has 0 amide bonds. The minimum Gasteiger partial charge on any atom is -0.506 e. The van der Waals surface area contributed by atoms with Crippen LogP contribution in [0.3, 0.4) is 0 Å². The first-order valence-electron chi connectivity index (χ1n) is 7.56. The van der Waals surface area contributed by atoms with Crippen molar-refractivity contribution in [1.82, 2.24) is 14.9 Å². The number of aromatic nitrogens is 3. The van der Waals surface area contributed by atoms with E-state index < -0.39 is 0 Å². The van der Waals surface area contributed by atoms with E-state index in [-0.39, 0.29) is 5.75 Å². The SMILES string of the molecule is COc1ccc(-c2n[nH]c(=S)n2/N=C\c2cc(I)cc(I)c2O)cc1OC. The van der Waals surface area contributed by atoms with E-state index in [4.69, 9.17) is 21.7 Å². The molecule has 27 heavy (non-hydrogen) atoms. The van der Waals surface area contributed by atoms with Crippen molar-refractivity contribution in [3.05, 3.63) is 47.8 Å². The number of rotatable bonds is 5. The lowest BCUT2D eigenvalue weighted by Gasteiger charge is -2.09. The Morgan fingerprint density at radius 2 is 1.93 bits per heavy atom. The van der Waals surface area contributed by atoms with Crippen LogP contribution >= 0.6 is 57.4 Å². The van der Waals surface area contributed by atoms with Gasteiger partial charge in [-0.3, -0.25) is 0 Å². The van der Waals surface area contributed by atoms with Crippen molar-refractivity contribution in [2.45, 2.75) is 0 Å². The lowest BCUT2D eigenvalue weighted by atomic mass is 10.2. The molecule has 2 aromatic carbocycles. The first-order valence-corrected chi connectivity index (χ1v) is 10.1. The predicted molar refractivity (Wildman–Crippen MR) is 122 cm³/mol. The maximum Gasteiger partial charge on any atom is 0.216 e. The van der Waals surface area contributed by atoms with Crippen LogP contribution < -0.4 is 9.47 Å². The molecule has 3 rings (SSSR count). The van der Waals surface area contributed by atoms with Crippen molar-refractivity contribution < 1.29 is 14.6 Å². The van der Waals surface area contributed by atoms with E-state index in [2.05, 4.69) is 60.5 Å². The van der Waals surface area contributed by atoms with Gasteiger partial charge in [-0.25, -0.2) is 5.10 Å². The lowest BCUT2D eigenvalue weighted by molar-refractivity contribution is 0.355. The molecular formula is C17H14I2N4O3S. The number of aromatic amines is 1. The normalized spacial score (nSPS) is 11.1. The summed E-state index contributed by atoms with van der Waals surface area (Å²) < 4.78 is 14.2. The number of phenols is 1. The molecule has 0 fully saturated rings. The van der Waals surface area contributed by atoms with Crippen LogP contribution in [0.15, 0.2) is 35.4 Å². The van der Waals surface area contributed by atoms with Gasteiger partial charge in [0.05, 0.1) is 24.0 Å². The Labute approximate surface area is 187 Å². The van der Waals surface area contributed by atoms with E-state index in [1.807, 2.05) is 18.2 Å². The largest absolute Gasteiger partial charge is 0.506 e. The molecule has 0 radical (unpaired) electrons. The number of aromatic hydroxyl groups is 1. The van der Waals surface area contributed by atoms with Gasteiger partial charge < -0.3 is 14.6 Å². The predicted octanol–water partition coefficient (Wildman–Crippen LogP) is 4.42. The van der Waals surface area contributed by atoms with Crippen LogP contribution in [0, 0.1) is 11.9 Å². The molecule has 0 saturated heterocycles.